The van der Waals surface area contributed by atoms with Crippen molar-refractivity contribution < 1.29 is 4.90 Å². The molecule has 1 rings (SSSR count). The molecule has 0 aromatic rings. The van der Waals surface area contributed by atoms with Gasteiger partial charge in [0.2, 0.25) is 0 Å². The third-order valence-electron chi connectivity index (χ3n) is 3.30. The highest BCUT2D eigenvalue weighted by atomic mass is 15.1. The molecule has 14 heavy (non-hydrogen) atoms. The Morgan fingerprint density at radius 3 is 2.07 bits per heavy atom. The number of likely N-dealkylation sites (tertiary alicyclic amines) is 1. The Hall–Kier alpha value is -0.0800. The fourth-order valence-electron chi connectivity index (χ4n) is 2.35. The van der Waals surface area contributed by atoms with Crippen LogP contribution in [0.3, 0.4) is 0 Å². The Morgan fingerprint density at radius 1 is 0.786 bits per heavy atom. The zero-order chi connectivity index (χ0) is 10.1. The van der Waals surface area contributed by atoms with Crippen molar-refractivity contribution in [2.75, 3.05) is 26.2 Å². The molecule has 0 unspecified atom stereocenters. The number of nitrogens with one attached hydrogen (secondary N) is 1. The quantitative estimate of drug-likeness (QED) is 0.613. The van der Waals surface area contributed by atoms with E-state index in [4.69, 9.17) is 5.73 Å². The van der Waals surface area contributed by atoms with E-state index >= 15 is 0 Å². The fraction of sp³-hybridized carbons (Fsp3) is 1.00. The summed E-state index contributed by atoms with van der Waals surface area (Å²) in [5.41, 5.74) is 5.47. The smallest absolute Gasteiger partial charge is 0.0770 e. The first kappa shape index (κ1) is 12.0. The Morgan fingerprint density at radius 2 is 1.43 bits per heavy atom. The summed E-state index contributed by atoms with van der Waals surface area (Å²) in [7, 11) is 0. The maximum atomic E-state index is 5.47. The summed E-state index contributed by atoms with van der Waals surface area (Å²) in [6.45, 7) is 5.13. The first-order valence-electron chi connectivity index (χ1n) is 6.47. The standard InChI is InChI=1S/C12H26N2/c13-9-5-1-2-6-10-14-11-7-3-4-8-12-14/h1-13H2/p+1. The van der Waals surface area contributed by atoms with Gasteiger partial charge in [-0.2, -0.15) is 0 Å². The van der Waals surface area contributed by atoms with Gasteiger partial charge in [0.15, 0.2) is 0 Å². The van der Waals surface area contributed by atoms with Gasteiger partial charge in [0.25, 0.3) is 0 Å². The topological polar surface area (TPSA) is 30.5 Å². The minimum Gasteiger partial charge on any atom is -0.335 e. The molecule has 0 aliphatic carbocycles. The second-order valence-electron chi connectivity index (χ2n) is 4.62. The van der Waals surface area contributed by atoms with E-state index in [1.165, 1.54) is 71.0 Å². The summed E-state index contributed by atoms with van der Waals surface area (Å²) in [5, 5.41) is 0. The minimum atomic E-state index is 0.872. The van der Waals surface area contributed by atoms with Crippen molar-refractivity contribution in [1.82, 2.24) is 0 Å². The summed E-state index contributed by atoms with van der Waals surface area (Å²) < 4.78 is 0. The Bertz CT molecular complexity index is 117. The van der Waals surface area contributed by atoms with Gasteiger partial charge in [-0.05, 0) is 51.5 Å². The lowest BCUT2D eigenvalue weighted by atomic mass is 10.2. The molecule has 2 heteroatoms. The second kappa shape index (κ2) is 8.25. The number of rotatable bonds is 6. The van der Waals surface area contributed by atoms with Gasteiger partial charge >= 0.3 is 0 Å². The van der Waals surface area contributed by atoms with Crippen LogP contribution in [0.2, 0.25) is 0 Å². The van der Waals surface area contributed by atoms with E-state index in [1.807, 2.05) is 4.90 Å². The van der Waals surface area contributed by atoms with Crippen LogP contribution in [0.5, 0.6) is 0 Å². The highest BCUT2D eigenvalue weighted by Crippen LogP contribution is 2.00. The highest BCUT2D eigenvalue weighted by Gasteiger charge is 2.10. The zero-order valence-corrected chi connectivity index (χ0v) is 9.56. The van der Waals surface area contributed by atoms with Crippen LogP contribution in [0.1, 0.15) is 51.4 Å². The molecule has 0 spiro atoms. The molecule has 1 saturated heterocycles. The summed E-state index contributed by atoms with van der Waals surface area (Å²) in [5.74, 6) is 0. The molecule has 0 amide bonds. The molecular weight excluding hydrogens is 172 g/mol. The monoisotopic (exact) mass is 199 g/mol. The van der Waals surface area contributed by atoms with Crippen molar-refractivity contribution in [3.05, 3.63) is 0 Å². The first-order valence-corrected chi connectivity index (χ1v) is 6.47. The molecule has 0 saturated carbocycles. The molecule has 0 aromatic heterocycles. The molecule has 3 N–H and O–H groups in total. The van der Waals surface area contributed by atoms with Crippen LogP contribution in [-0.4, -0.2) is 26.2 Å². The van der Waals surface area contributed by atoms with Gasteiger partial charge in [-0.25, -0.2) is 0 Å². The zero-order valence-electron chi connectivity index (χ0n) is 9.56. The van der Waals surface area contributed by atoms with Crippen molar-refractivity contribution in [3.8, 4) is 0 Å². The minimum absolute atomic E-state index is 0.872. The summed E-state index contributed by atoms with van der Waals surface area (Å²) in [4.78, 5) is 1.86. The van der Waals surface area contributed by atoms with Crippen molar-refractivity contribution in [2.24, 2.45) is 5.73 Å². The predicted octanol–water partition coefficient (Wildman–Crippen LogP) is 0.964. The van der Waals surface area contributed by atoms with Gasteiger partial charge in [-0.3, -0.25) is 0 Å². The number of hydrogen-bond donors (Lipinski definition) is 2. The lowest BCUT2D eigenvalue weighted by Gasteiger charge is -2.16. The normalized spacial score (nSPS) is 19.5. The Kier molecular flexibility index (Phi) is 7.06. The van der Waals surface area contributed by atoms with E-state index in [2.05, 4.69) is 0 Å². The average molecular weight is 199 g/mol. The molecule has 84 valence electrons. The van der Waals surface area contributed by atoms with Crippen LogP contribution in [-0.2, 0) is 0 Å². The molecule has 1 aliphatic rings. The van der Waals surface area contributed by atoms with E-state index in [1.54, 1.807) is 0 Å². The van der Waals surface area contributed by atoms with Crippen molar-refractivity contribution >= 4 is 0 Å². The van der Waals surface area contributed by atoms with Crippen molar-refractivity contribution in [1.29, 1.82) is 0 Å². The van der Waals surface area contributed by atoms with Crippen LogP contribution in [0.15, 0.2) is 0 Å². The largest absolute Gasteiger partial charge is 0.335 e. The predicted molar refractivity (Wildman–Crippen MR) is 61.6 cm³/mol. The number of hydrogen-bond acceptors (Lipinski definition) is 1. The summed E-state index contributed by atoms with van der Waals surface area (Å²) in [6.07, 6.45) is 11.2. The molecule has 1 aliphatic heterocycles. The number of unbranched alkanes of at least 4 members (excludes halogenated alkanes) is 3. The van der Waals surface area contributed by atoms with Gasteiger partial charge in [0, 0.05) is 0 Å². The van der Waals surface area contributed by atoms with Crippen LogP contribution in [0.4, 0.5) is 0 Å². The number of quaternary nitrogens is 1. The maximum absolute atomic E-state index is 5.47. The maximum Gasteiger partial charge on any atom is 0.0770 e. The molecule has 0 atom stereocenters. The molecule has 1 heterocycles. The Balaban J connectivity index is 1.93. The third-order valence-corrected chi connectivity index (χ3v) is 3.30. The van der Waals surface area contributed by atoms with Crippen molar-refractivity contribution in [3.63, 3.8) is 0 Å². The Labute approximate surface area is 88.8 Å². The first-order chi connectivity index (χ1) is 6.93. The van der Waals surface area contributed by atoms with Gasteiger partial charge in [0.1, 0.15) is 0 Å². The molecule has 1 fully saturated rings. The van der Waals surface area contributed by atoms with Gasteiger partial charge < -0.3 is 10.6 Å². The number of nitrogens with two attached hydrogens (primary N) is 1. The second-order valence-corrected chi connectivity index (χ2v) is 4.62. The SMILES string of the molecule is NCCCCCC[NH+]1CCCCCC1. The van der Waals surface area contributed by atoms with E-state index < -0.39 is 0 Å². The molecule has 2 nitrogen and oxygen atoms in total. The molecule has 0 radical (unpaired) electrons. The molecule has 0 bridgehead atoms. The van der Waals surface area contributed by atoms with Crippen LogP contribution in [0, 0.1) is 0 Å². The van der Waals surface area contributed by atoms with Crippen LogP contribution < -0.4 is 10.6 Å². The van der Waals surface area contributed by atoms with Crippen LogP contribution >= 0.6 is 0 Å². The summed E-state index contributed by atoms with van der Waals surface area (Å²) in [6, 6.07) is 0. The molecule has 0 aromatic carbocycles. The van der Waals surface area contributed by atoms with Gasteiger partial charge in [0.05, 0.1) is 19.6 Å². The van der Waals surface area contributed by atoms with Gasteiger partial charge in [-0.1, -0.05) is 6.42 Å². The van der Waals surface area contributed by atoms with E-state index in [0.29, 0.717) is 0 Å². The van der Waals surface area contributed by atoms with E-state index in [9.17, 15) is 0 Å². The van der Waals surface area contributed by atoms with Crippen LogP contribution in [0.25, 0.3) is 0 Å². The molecular formula is C12H27N2+. The average Bonchev–Trinajstić information content (AvgIpc) is 2.46. The lowest BCUT2D eigenvalue weighted by molar-refractivity contribution is -0.899. The summed E-state index contributed by atoms with van der Waals surface area (Å²) >= 11 is 0. The van der Waals surface area contributed by atoms with E-state index in [0.717, 1.165) is 6.54 Å². The highest BCUT2D eigenvalue weighted by molar-refractivity contribution is 4.48. The third kappa shape index (κ3) is 5.61. The van der Waals surface area contributed by atoms with E-state index in [-0.39, 0.29) is 0 Å². The lowest BCUT2D eigenvalue weighted by Crippen LogP contribution is -3.11. The van der Waals surface area contributed by atoms with Crippen molar-refractivity contribution in [2.45, 2.75) is 51.4 Å². The fourth-order valence-corrected chi connectivity index (χ4v) is 2.35. The van der Waals surface area contributed by atoms with Gasteiger partial charge in [-0.15, -0.1) is 0 Å².